The third kappa shape index (κ3) is 3.83. The molecule has 2 atom stereocenters. The zero-order valence-electron chi connectivity index (χ0n) is 13.5. The van der Waals surface area contributed by atoms with Crippen LogP contribution in [-0.2, 0) is 20.0 Å². The van der Waals surface area contributed by atoms with Crippen molar-refractivity contribution in [2.75, 3.05) is 19.6 Å². The zero-order chi connectivity index (χ0) is 14.5. The van der Waals surface area contributed by atoms with Crippen molar-refractivity contribution in [3.8, 4) is 0 Å². The molecule has 4 heteroatoms. The molecule has 0 radical (unpaired) electrons. The summed E-state index contributed by atoms with van der Waals surface area (Å²) in [6, 6.07) is 0.578. The molecule has 0 aliphatic carbocycles. The van der Waals surface area contributed by atoms with E-state index in [9.17, 15) is 0 Å². The van der Waals surface area contributed by atoms with Crippen LogP contribution in [0.4, 0.5) is 0 Å². The fraction of sp³-hybridized carbons (Fsp3) is 0.812. The largest absolute Gasteiger partial charge is 0.310 e. The highest BCUT2D eigenvalue weighted by Crippen LogP contribution is 2.20. The fourth-order valence-electron chi connectivity index (χ4n) is 3.25. The van der Waals surface area contributed by atoms with Gasteiger partial charge in [-0.05, 0) is 45.2 Å². The Morgan fingerprint density at radius 1 is 1.45 bits per heavy atom. The van der Waals surface area contributed by atoms with Gasteiger partial charge in [-0.3, -0.25) is 4.68 Å². The molecule has 1 fully saturated rings. The molecule has 2 rings (SSSR count). The average molecular weight is 278 g/mol. The predicted molar refractivity (Wildman–Crippen MR) is 83.7 cm³/mol. The molecule has 1 aliphatic heterocycles. The quantitative estimate of drug-likeness (QED) is 0.866. The second-order valence-corrected chi connectivity index (χ2v) is 6.09. The van der Waals surface area contributed by atoms with Crippen molar-refractivity contribution in [1.29, 1.82) is 0 Å². The van der Waals surface area contributed by atoms with Gasteiger partial charge in [0, 0.05) is 37.9 Å². The normalized spacial score (nSPS) is 22.1. The first kappa shape index (κ1) is 15.5. The monoisotopic (exact) mass is 278 g/mol. The minimum atomic E-state index is 0.578. The number of hydrogen-bond donors (Lipinski definition) is 1. The SMILES string of the molecule is CCc1nn(C)cc1CNC(C)C1CCCN(CC)C1. The summed E-state index contributed by atoms with van der Waals surface area (Å²) >= 11 is 0. The Morgan fingerprint density at radius 3 is 2.95 bits per heavy atom. The van der Waals surface area contributed by atoms with E-state index in [2.05, 4.69) is 42.3 Å². The van der Waals surface area contributed by atoms with Crippen LogP contribution in [0.15, 0.2) is 6.20 Å². The molecule has 1 aromatic heterocycles. The number of aryl methyl sites for hydroxylation is 2. The highest BCUT2D eigenvalue weighted by molar-refractivity contribution is 5.16. The Kier molecular flexibility index (Phi) is 5.61. The Bertz CT molecular complexity index is 413. The number of nitrogens with zero attached hydrogens (tertiary/aromatic N) is 3. The lowest BCUT2D eigenvalue weighted by molar-refractivity contribution is 0.157. The summed E-state index contributed by atoms with van der Waals surface area (Å²) in [6.45, 7) is 11.4. The van der Waals surface area contributed by atoms with Crippen molar-refractivity contribution in [3.05, 3.63) is 17.5 Å². The minimum Gasteiger partial charge on any atom is -0.310 e. The number of piperidine rings is 1. The lowest BCUT2D eigenvalue weighted by Gasteiger charge is -2.35. The number of likely N-dealkylation sites (tertiary alicyclic amines) is 1. The summed E-state index contributed by atoms with van der Waals surface area (Å²) in [6.07, 6.45) is 5.87. The molecule has 2 unspecified atom stereocenters. The number of aromatic nitrogens is 2. The van der Waals surface area contributed by atoms with Crippen molar-refractivity contribution in [3.63, 3.8) is 0 Å². The van der Waals surface area contributed by atoms with Crippen molar-refractivity contribution in [1.82, 2.24) is 20.0 Å². The molecule has 1 N–H and O–H groups in total. The summed E-state index contributed by atoms with van der Waals surface area (Å²) in [7, 11) is 2.01. The van der Waals surface area contributed by atoms with E-state index in [4.69, 9.17) is 0 Å². The van der Waals surface area contributed by atoms with E-state index in [0.717, 1.165) is 18.9 Å². The second kappa shape index (κ2) is 7.23. The number of nitrogens with one attached hydrogen (secondary N) is 1. The first-order valence-corrected chi connectivity index (χ1v) is 8.11. The van der Waals surface area contributed by atoms with Crippen LogP contribution in [0, 0.1) is 5.92 Å². The molecule has 0 saturated carbocycles. The molecule has 20 heavy (non-hydrogen) atoms. The van der Waals surface area contributed by atoms with Crippen LogP contribution in [-0.4, -0.2) is 40.4 Å². The maximum Gasteiger partial charge on any atom is 0.0666 e. The molecule has 1 aromatic rings. The lowest BCUT2D eigenvalue weighted by Crippen LogP contribution is -2.44. The van der Waals surface area contributed by atoms with Gasteiger partial charge >= 0.3 is 0 Å². The van der Waals surface area contributed by atoms with Crippen molar-refractivity contribution in [2.45, 2.75) is 52.6 Å². The van der Waals surface area contributed by atoms with E-state index in [1.165, 1.54) is 43.7 Å². The van der Waals surface area contributed by atoms with Crippen molar-refractivity contribution < 1.29 is 0 Å². The van der Waals surface area contributed by atoms with Crippen LogP contribution < -0.4 is 5.32 Å². The van der Waals surface area contributed by atoms with Gasteiger partial charge in [-0.15, -0.1) is 0 Å². The Labute approximate surface area is 123 Å². The van der Waals surface area contributed by atoms with E-state index in [-0.39, 0.29) is 0 Å². The lowest BCUT2D eigenvalue weighted by atomic mass is 9.91. The van der Waals surface area contributed by atoms with Crippen molar-refractivity contribution >= 4 is 0 Å². The topological polar surface area (TPSA) is 33.1 Å². The maximum absolute atomic E-state index is 4.51. The summed E-state index contributed by atoms with van der Waals surface area (Å²) in [5.41, 5.74) is 2.58. The molecule has 0 spiro atoms. The standard InChI is InChI=1S/C16H30N4/c1-5-16-15(11-19(4)18-16)10-17-13(3)14-8-7-9-20(6-2)12-14/h11,13-14,17H,5-10,12H2,1-4H3. The molecule has 0 aromatic carbocycles. The number of hydrogen-bond acceptors (Lipinski definition) is 3. The van der Waals surface area contributed by atoms with E-state index >= 15 is 0 Å². The highest BCUT2D eigenvalue weighted by atomic mass is 15.3. The Morgan fingerprint density at radius 2 is 2.25 bits per heavy atom. The van der Waals surface area contributed by atoms with Crippen LogP contribution in [0.3, 0.4) is 0 Å². The minimum absolute atomic E-state index is 0.578. The summed E-state index contributed by atoms with van der Waals surface area (Å²) in [5.74, 6) is 0.783. The first-order valence-electron chi connectivity index (χ1n) is 8.11. The fourth-order valence-corrected chi connectivity index (χ4v) is 3.25. The Balaban J connectivity index is 1.86. The van der Waals surface area contributed by atoms with E-state index in [0.29, 0.717) is 6.04 Å². The van der Waals surface area contributed by atoms with E-state index in [1.54, 1.807) is 0 Å². The maximum atomic E-state index is 4.51. The molecule has 1 aliphatic rings. The van der Waals surface area contributed by atoms with Crippen molar-refractivity contribution in [2.24, 2.45) is 13.0 Å². The van der Waals surface area contributed by atoms with Gasteiger partial charge in [0.15, 0.2) is 0 Å². The highest BCUT2D eigenvalue weighted by Gasteiger charge is 2.23. The first-order chi connectivity index (χ1) is 9.63. The molecular formula is C16H30N4. The summed E-state index contributed by atoms with van der Waals surface area (Å²) in [5, 5.41) is 8.23. The van der Waals surface area contributed by atoms with Gasteiger partial charge in [-0.2, -0.15) is 5.10 Å². The van der Waals surface area contributed by atoms with Crippen LogP contribution >= 0.6 is 0 Å². The van der Waals surface area contributed by atoms with Gasteiger partial charge in [0.05, 0.1) is 5.69 Å². The second-order valence-electron chi connectivity index (χ2n) is 6.09. The van der Waals surface area contributed by atoms with Crippen LogP contribution in [0.25, 0.3) is 0 Å². The van der Waals surface area contributed by atoms with E-state index < -0.39 is 0 Å². The smallest absolute Gasteiger partial charge is 0.0666 e. The average Bonchev–Trinajstić information content (AvgIpc) is 2.85. The van der Waals surface area contributed by atoms with Gasteiger partial charge in [0.25, 0.3) is 0 Å². The molecule has 2 heterocycles. The van der Waals surface area contributed by atoms with Crippen LogP contribution in [0.1, 0.15) is 44.9 Å². The number of rotatable bonds is 6. The van der Waals surface area contributed by atoms with Gasteiger partial charge < -0.3 is 10.2 Å². The van der Waals surface area contributed by atoms with Gasteiger partial charge in [0.1, 0.15) is 0 Å². The molecule has 0 bridgehead atoms. The zero-order valence-corrected chi connectivity index (χ0v) is 13.5. The van der Waals surface area contributed by atoms with Gasteiger partial charge in [-0.1, -0.05) is 13.8 Å². The molecule has 114 valence electrons. The van der Waals surface area contributed by atoms with E-state index in [1.807, 2.05) is 11.7 Å². The molecule has 1 saturated heterocycles. The van der Waals surface area contributed by atoms with Crippen LogP contribution in [0.5, 0.6) is 0 Å². The van der Waals surface area contributed by atoms with Crippen LogP contribution in [0.2, 0.25) is 0 Å². The third-order valence-electron chi connectivity index (χ3n) is 4.64. The predicted octanol–water partition coefficient (Wildman–Crippen LogP) is 2.19. The Hall–Kier alpha value is -0.870. The molecule has 0 amide bonds. The van der Waals surface area contributed by atoms with Gasteiger partial charge in [0.2, 0.25) is 0 Å². The van der Waals surface area contributed by atoms with Gasteiger partial charge in [-0.25, -0.2) is 0 Å². The summed E-state index contributed by atoms with van der Waals surface area (Å²) in [4.78, 5) is 2.58. The summed E-state index contributed by atoms with van der Waals surface area (Å²) < 4.78 is 1.93. The molecule has 4 nitrogen and oxygen atoms in total. The molecular weight excluding hydrogens is 248 g/mol. The third-order valence-corrected chi connectivity index (χ3v) is 4.64.